The molecule has 2 aromatic rings. The fraction of sp³-hybridized carbons (Fsp3) is 0.550. The van der Waals surface area contributed by atoms with E-state index < -0.39 is 11.6 Å². The van der Waals surface area contributed by atoms with Gasteiger partial charge in [0.05, 0.1) is 28.7 Å². The molecule has 0 N–H and O–H groups in total. The van der Waals surface area contributed by atoms with Gasteiger partial charge in [0.15, 0.2) is 5.58 Å². The Hall–Kier alpha value is -2.29. The molecule has 3 fully saturated rings. The van der Waals surface area contributed by atoms with E-state index in [-0.39, 0.29) is 24.8 Å². The van der Waals surface area contributed by atoms with Crippen LogP contribution < -0.4 is 4.90 Å². The van der Waals surface area contributed by atoms with Gasteiger partial charge in [-0.3, -0.25) is 4.90 Å². The highest BCUT2D eigenvalue weighted by Gasteiger charge is 2.49. The minimum Gasteiger partial charge on any atom is -0.462 e. The van der Waals surface area contributed by atoms with Gasteiger partial charge >= 0.3 is 12.1 Å². The summed E-state index contributed by atoms with van der Waals surface area (Å²) in [7, 11) is 0. The Morgan fingerprint density at radius 2 is 1.97 bits per heavy atom. The van der Waals surface area contributed by atoms with Crippen LogP contribution in [0.3, 0.4) is 0 Å². The van der Waals surface area contributed by atoms with Crippen molar-refractivity contribution in [2.75, 3.05) is 24.6 Å². The number of oxazole rings is 1. The molecule has 156 valence electrons. The van der Waals surface area contributed by atoms with Gasteiger partial charge in [0.2, 0.25) is 0 Å². The van der Waals surface area contributed by atoms with E-state index in [1.165, 1.54) is 0 Å². The average Bonchev–Trinajstić information content (AvgIpc) is 3.07. The Labute approximate surface area is 177 Å². The number of carbonyl (C=O) groups excluding carboxylic acids is 2. The molecule has 1 aromatic carbocycles. The Bertz CT molecular complexity index is 955. The molecule has 2 unspecified atom stereocenters. The number of nitrogens with zero attached hydrogens (tertiary/aromatic N) is 3. The lowest BCUT2D eigenvalue weighted by Crippen LogP contribution is -2.70. The van der Waals surface area contributed by atoms with E-state index in [0.717, 1.165) is 10.9 Å². The van der Waals surface area contributed by atoms with E-state index in [2.05, 4.69) is 20.9 Å². The maximum Gasteiger partial charge on any atom is 0.410 e. The van der Waals surface area contributed by atoms with Crippen molar-refractivity contribution in [2.45, 2.75) is 51.8 Å². The summed E-state index contributed by atoms with van der Waals surface area (Å²) in [5, 5.41) is 0. The minimum atomic E-state index is -0.517. The molecule has 3 saturated heterocycles. The number of anilines is 1. The number of piperazine rings is 1. The van der Waals surface area contributed by atoms with Crippen molar-refractivity contribution in [1.29, 1.82) is 0 Å². The van der Waals surface area contributed by atoms with Crippen LogP contribution in [-0.2, 0) is 9.47 Å². The first-order valence-corrected chi connectivity index (χ1v) is 10.5. The predicted molar refractivity (Wildman–Crippen MR) is 110 cm³/mol. The molecule has 3 aliphatic heterocycles. The quantitative estimate of drug-likeness (QED) is 0.633. The molecule has 1 aromatic heterocycles. The number of hydrogen-bond acceptors (Lipinski definition) is 7. The number of benzene rings is 1. The highest BCUT2D eigenvalue weighted by molar-refractivity contribution is 9.10. The Morgan fingerprint density at radius 1 is 1.28 bits per heavy atom. The van der Waals surface area contributed by atoms with E-state index in [1.54, 1.807) is 19.1 Å². The number of aromatic nitrogens is 1. The molecule has 5 rings (SSSR count). The van der Waals surface area contributed by atoms with Gasteiger partial charge in [-0.05, 0) is 62.2 Å². The summed E-state index contributed by atoms with van der Waals surface area (Å²) >= 11 is 3.46. The SMILES string of the molecule is CCOC(=O)c1ccc(Br)c2oc(N3CC4CC(C3)N4C(=O)OC(C)(C)C)nc12. The highest BCUT2D eigenvalue weighted by atomic mass is 79.9. The normalized spacial score (nSPS) is 21.1. The molecule has 8 nitrogen and oxygen atoms in total. The fourth-order valence-corrected chi connectivity index (χ4v) is 4.25. The van der Waals surface area contributed by atoms with E-state index in [4.69, 9.17) is 13.9 Å². The van der Waals surface area contributed by atoms with Crippen LogP contribution in [0.5, 0.6) is 0 Å². The molecule has 0 spiro atoms. The first kappa shape index (κ1) is 20.0. The van der Waals surface area contributed by atoms with Crippen LogP contribution in [-0.4, -0.2) is 59.3 Å². The zero-order valence-electron chi connectivity index (χ0n) is 16.9. The predicted octanol–water partition coefficient (Wildman–Crippen LogP) is 3.97. The zero-order chi connectivity index (χ0) is 20.9. The largest absolute Gasteiger partial charge is 0.462 e. The van der Waals surface area contributed by atoms with Gasteiger partial charge in [-0.15, -0.1) is 0 Å². The van der Waals surface area contributed by atoms with Crippen LogP contribution >= 0.6 is 15.9 Å². The smallest absolute Gasteiger partial charge is 0.410 e. The van der Waals surface area contributed by atoms with Crippen LogP contribution in [0.4, 0.5) is 10.8 Å². The molecule has 0 radical (unpaired) electrons. The van der Waals surface area contributed by atoms with Crippen molar-refractivity contribution < 1.29 is 23.5 Å². The molecular formula is C20H24BrN3O5. The van der Waals surface area contributed by atoms with E-state index in [9.17, 15) is 9.59 Å². The molecule has 0 aliphatic carbocycles. The second-order valence-corrected chi connectivity index (χ2v) is 9.18. The van der Waals surface area contributed by atoms with Gasteiger partial charge in [-0.1, -0.05) is 0 Å². The van der Waals surface area contributed by atoms with Crippen molar-refractivity contribution in [3.05, 3.63) is 22.2 Å². The van der Waals surface area contributed by atoms with E-state index in [1.807, 2.05) is 30.6 Å². The molecule has 2 bridgehead atoms. The third-order valence-corrected chi connectivity index (χ3v) is 5.67. The van der Waals surface area contributed by atoms with Gasteiger partial charge in [0.1, 0.15) is 11.1 Å². The highest BCUT2D eigenvalue weighted by Crippen LogP contribution is 2.38. The molecular weight excluding hydrogens is 442 g/mol. The Balaban J connectivity index is 1.55. The third-order valence-electron chi connectivity index (χ3n) is 5.05. The fourth-order valence-electron chi connectivity index (χ4n) is 3.85. The van der Waals surface area contributed by atoms with Gasteiger partial charge in [-0.2, -0.15) is 4.98 Å². The summed E-state index contributed by atoms with van der Waals surface area (Å²) in [5.74, 6) is -0.428. The second-order valence-electron chi connectivity index (χ2n) is 8.33. The van der Waals surface area contributed by atoms with Gasteiger partial charge in [-0.25, -0.2) is 9.59 Å². The van der Waals surface area contributed by atoms with Crippen molar-refractivity contribution in [3.8, 4) is 0 Å². The number of amides is 1. The zero-order valence-corrected chi connectivity index (χ0v) is 18.5. The van der Waals surface area contributed by atoms with Crippen LogP contribution in [0.1, 0.15) is 44.5 Å². The Kier molecular flexibility index (Phi) is 4.96. The summed E-state index contributed by atoms with van der Waals surface area (Å²) in [6.07, 6.45) is 0.664. The number of fused-ring (bicyclic) bond motifs is 3. The topological polar surface area (TPSA) is 85.1 Å². The molecule has 3 aliphatic rings. The lowest BCUT2D eigenvalue weighted by molar-refractivity contribution is -0.0386. The standard InChI is InChI=1S/C20H24BrN3O5/c1-5-27-17(25)13-6-7-14(21)16-15(13)22-18(28-16)23-9-11-8-12(10-23)24(11)19(26)29-20(2,3)4/h6-7,11-12H,5,8-10H2,1-4H3. The third kappa shape index (κ3) is 3.68. The van der Waals surface area contributed by atoms with E-state index >= 15 is 0 Å². The number of piperidine rings is 1. The van der Waals surface area contributed by atoms with E-state index in [0.29, 0.717) is 35.8 Å². The van der Waals surface area contributed by atoms with Crippen LogP contribution in [0.15, 0.2) is 21.0 Å². The average molecular weight is 466 g/mol. The molecule has 9 heteroatoms. The van der Waals surface area contributed by atoms with Crippen molar-refractivity contribution in [3.63, 3.8) is 0 Å². The van der Waals surface area contributed by atoms with Crippen molar-refractivity contribution in [1.82, 2.24) is 9.88 Å². The number of rotatable bonds is 3. The summed E-state index contributed by atoms with van der Waals surface area (Å²) in [4.78, 5) is 33.1. The van der Waals surface area contributed by atoms with Crippen molar-refractivity contribution in [2.24, 2.45) is 0 Å². The first-order chi connectivity index (χ1) is 13.7. The van der Waals surface area contributed by atoms with Gasteiger partial charge < -0.3 is 18.8 Å². The summed E-state index contributed by atoms with van der Waals surface area (Å²) in [6.45, 7) is 8.86. The maximum atomic E-state index is 12.5. The second kappa shape index (κ2) is 7.19. The molecule has 0 saturated carbocycles. The number of esters is 1. The molecule has 2 atom stereocenters. The Morgan fingerprint density at radius 3 is 2.59 bits per heavy atom. The molecule has 4 heterocycles. The number of halogens is 1. The van der Waals surface area contributed by atoms with Gasteiger partial charge in [0.25, 0.3) is 6.01 Å². The summed E-state index contributed by atoms with van der Waals surface area (Å²) in [5.41, 5.74) is 0.832. The first-order valence-electron chi connectivity index (χ1n) is 9.70. The summed E-state index contributed by atoms with van der Waals surface area (Å²) in [6, 6.07) is 3.99. The van der Waals surface area contributed by atoms with Crippen LogP contribution in [0.2, 0.25) is 0 Å². The number of hydrogen-bond donors (Lipinski definition) is 0. The lowest BCUT2D eigenvalue weighted by Gasteiger charge is -2.55. The molecule has 1 amide bonds. The number of carbonyl (C=O) groups is 2. The van der Waals surface area contributed by atoms with Crippen LogP contribution in [0, 0.1) is 0 Å². The maximum absolute atomic E-state index is 12.5. The van der Waals surface area contributed by atoms with Crippen molar-refractivity contribution >= 4 is 45.1 Å². The minimum absolute atomic E-state index is 0.0616. The lowest BCUT2D eigenvalue weighted by atomic mass is 9.88. The van der Waals surface area contributed by atoms with Crippen LogP contribution in [0.25, 0.3) is 11.1 Å². The summed E-state index contributed by atoms with van der Waals surface area (Å²) < 4.78 is 17.3. The monoisotopic (exact) mass is 465 g/mol. The number of ether oxygens (including phenoxy) is 2. The van der Waals surface area contributed by atoms with Gasteiger partial charge in [0, 0.05) is 13.1 Å². The molecule has 29 heavy (non-hydrogen) atoms.